The molecule has 24 heavy (non-hydrogen) atoms. The predicted molar refractivity (Wildman–Crippen MR) is 89.0 cm³/mol. The van der Waals surface area contributed by atoms with Gasteiger partial charge in [0.25, 0.3) is 5.91 Å². The smallest absolute Gasteiger partial charge is 0.325 e. The first-order valence-corrected chi connectivity index (χ1v) is 8.03. The fourth-order valence-electron chi connectivity index (χ4n) is 2.72. The van der Waals surface area contributed by atoms with Crippen molar-refractivity contribution in [3.8, 4) is 0 Å². The second-order valence-corrected chi connectivity index (χ2v) is 6.06. The Morgan fingerprint density at radius 1 is 1.08 bits per heavy atom. The van der Waals surface area contributed by atoms with Crippen LogP contribution in [0.4, 0.5) is 9.18 Å². The number of benzene rings is 2. The summed E-state index contributed by atoms with van der Waals surface area (Å²) in [6.45, 7) is -0.169. The number of urea groups is 1. The quantitative estimate of drug-likeness (QED) is 0.842. The first kappa shape index (κ1) is 16.5. The second-order valence-electron chi connectivity index (χ2n) is 5.65. The lowest BCUT2D eigenvalue weighted by molar-refractivity contribution is -0.128. The molecule has 0 unspecified atom stereocenters. The molecule has 4 nitrogen and oxygen atoms in total. The van der Waals surface area contributed by atoms with Crippen LogP contribution in [0.2, 0.25) is 5.02 Å². The Bertz CT molecular complexity index is 747. The van der Waals surface area contributed by atoms with E-state index in [0.717, 1.165) is 10.5 Å². The zero-order chi connectivity index (χ0) is 17.1. The van der Waals surface area contributed by atoms with Gasteiger partial charge in [-0.05, 0) is 30.5 Å². The Labute approximate surface area is 144 Å². The van der Waals surface area contributed by atoms with Gasteiger partial charge in [-0.15, -0.1) is 0 Å². The Balaban J connectivity index is 1.68. The molecule has 1 heterocycles. The van der Waals surface area contributed by atoms with Crippen molar-refractivity contribution in [2.45, 2.75) is 25.4 Å². The van der Waals surface area contributed by atoms with Crippen LogP contribution in [-0.2, 0) is 17.8 Å². The van der Waals surface area contributed by atoms with Crippen LogP contribution in [-0.4, -0.2) is 22.9 Å². The van der Waals surface area contributed by atoms with Gasteiger partial charge in [0.2, 0.25) is 0 Å². The first-order valence-electron chi connectivity index (χ1n) is 7.65. The molecule has 0 bridgehead atoms. The fraction of sp³-hybridized carbons (Fsp3) is 0.222. The maximum atomic E-state index is 13.9. The van der Waals surface area contributed by atoms with E-state index in [1.165, 1.54) is 18.2 Å². The second kappa shape index (κ2) is 7.01. The summed E-state index contributed by atoms with van der Waals surface area (Å²) in [7, 11) is 0. The predicted octanol–water partition coefficient (Wildman–Crippen LogP) is 3.53. The molecule has 3 rings (SSSR count). The minimum atomic E-state index is -0.594. The number of hydrogen-bond acceptors (Lipinski definition) is 2. The molecule has 1 saturated heterocycles. The van der Waals surface area contributed by atoms with Gasteiger partial charge in [-0.2, -0.15) is 0 Å². The number of halogens is 2. The van der Waals surface area contributed by atoms with Crippen molar-refractivity contribution in [1.82, 2.24) is 10.2 Å². The normalized spacial score (nSPS) is 17.2. The molecule has 3 amide bonds. The summed E-state index contributed by atoms with van der Waals surface area (Å²) in [5.41, 5.74) is 1.24. The summed E-state index contributed by atoms with van der Waals surface area (Å²) in [4.78, 5) is 25.5. The molecule has 124 valence electrons. The molecule has 0 radical (unpaired) electrons. The van der Waals surface area contributed by atoms with Gasteiger partial charge >= 0.3 is 6.03 Å². The maximum Gasteiger partial charge on any atom is 0.325 e. The van der Waals surface area contributed by atoms with E-state index < -0.39 is 17.9 Å². The first-order chi connectivity index (χ1) is 11.6. The Hall–Kier alpha value is -2.40. The zero-order valence-electron chi connectivity index (χ0n) is 12.8. The van der Waals surface area contributed by atoms with E-state index in [2.05, 4.69) is 5.32 Å². The summed E-state index contributed by atoms with van der Waals surface area (Å²) in [5.74, 6) is -0.883. The summed E-state index contributed by atoms with van der Waals surface area (Å²) in [6, 6.07) is 12.9. The average molecular weight is 347 g/mol. The van der Waals surface area contributed by atoms with Crippen LogP contribution in [0.5, 0.6) is 0 Å². The van der Waals surface area contributed by atoms with Crippen molar-refractivity contribution < 1.29 is 14.0 Å². The minimum Gasteiger partial charge on any atom is -0.326 e. The largest absolute Gasteiger partial charge is 0.326 e. The van der Waals surface area contributed by atoms with Gasteiger partial charge in [0.15, 0.2) is 0 Å². The number of carbonyl (C=O) groups is 2. The van der Waals surface area contributed by atoms with Crippen LogP contribution < -0.4 is 5.32 Å². The Morgan fingerprint density at radius 3 is 2.54 bits per heavy atom. The van der Waals surface area contributed by atoms with Gasteiger partial charge < -0.3 is 5.32 Å². The molecular weight excluding hydrogens is 331 g/mol. The molecule has 6 heteroatoms. The fourth-order valence-corrected chi connectivity index (χ4v) is 2.94. The van der Waals surface area contributed by atoms with Gasteiger partial charge in [0, 0.05) is 10.6 Å². The average Bonchev–Trinajstić information content (AvgIpc) is 2.84. The van der Waals surface area contributed by atoms with Crippen molar-refractivity contribution in [2.75, 3.05) is 0 Å². The van der Waals surface area contributed by atoms with Crippen LogP contribution in [0.15, 0.2) is 48.5 Å². The highest BCUT2D eigenvalue weighted by molar-refractivity contribution is 6.31. The molecule has 1 aliphatic rings. The molecule has 1 aliphatic heterocycles. The van der Waals surface area contributed by atoms with Gasteiger partial charge in [-0.3, -0.25) is 9.69 Å². The molecule has 0 aliphatic carbocycles. The molecule has 0 aromatic heterocycles. The van der Waals surface area contributed by atoms with Crippen molar-refractivity contribution >= 4 is 23.5 Å². The van der Waals surface area contributed by atoms with Crippen LogP contribution in [0, 0.1) is 5.82 Å². The standard InChI is InChI=1S/C18H16ClFN2O2/c19-14-7-4-8-15(20)13(14)11-22-17(23)16(21-18(22)24)10-9-12-5-2-1-3-6-12/h1-8,16H,9-11H2,(H,21,24)/t16-/m0/s1. The SMILES string of the molecule is O=C1N[C@@H](CCc2ccccc2)C(=O)N1Cc1c(F)cccc1Cl. The minimum absolute atomic E-state index is 0.145. The van der Waals surface area contributed by atoms with E-state index in [9.17, 15) is 14.0 Å². The van der Waals surface area contributed by atoms with E-state index >= 15 is 0 Å². The number of amides is 3. The lowest BCUT2D eigenvalue weighted by Gasteiger charge is -2.14. The topological polar surface area (TPSA) is 49.4 Å². The summed E-state index contributed by atoms with van der Waals surface area (Å²) in [5, 5.41) is 2.85. The number of aryl methyl sites for hydroxylation is 1. The van der Waals surface area contributed by atoms with Gasteiger partial charge in [0.1, 0.15) is 11.9 Å². The lowest BCUT2D eigenvalue weighted by atomic mass is 10.1. The zero-order valence-corrected chi connectivity index (χ0v) is 13.6. The van der Waals surface area contributed by atoms with Crippen molar-refractivity contribution in [3.05, 3.63) is 70.5 Å². The van der Waals surface area contributed by atoms with Crippen molar-refractivity contribution in [3.63, 3.8) is 0 Å². The van der Waals surface area contributed by atoms with Gasteiger partial charge in [-0.25, -0.2) is 9.18 Å². The van der Waals surface area contributed by atoms with Crippen LogP contribution in [0.25, 0.3) is 0 Å². The van der Waals surface area contributed by atoms with Crippen LogP contribution >= 0.6 is 11.6 Å². The van der Waals surface area contributed by atoms with E-state index in [1.807, 2.05) is 30.3 Å². The third kappa shape index (κ3) is 3.41. The molecule has 1 N–H and O–H groups in total. The lowest BCUT2D eigenvalue weighted by Crippen LogP contribution is -2.31. The number of nitrogens with one attached hydrogen (secondary N) is 1. The number of carbonyl (C=O) groups excluding carboxylic acids is 2. The highest BCUT2D eigenvalue weighted by atomic mass is 35.5. The Morgan fingerprint density at radius 2 is 1.83 bits per heavy atom. The monoisotopic (exact) mass is 346 g/mol. The van der Waals surface area contributed by atoms with Gasteiger partial charge in [0.05, 0.1) is 6.54 Å². The molecule has 0 saturated carbocycles. The van der Waals surface area contributed by atoms with Crippen LogP contribution in [0.1, 0.15) is 17.5 Å². The maximum absolute atomic E-state index is 13.9. The third-order valence-corrected chi connectivity index (χ3v) is 4.40. The number of nitrogens with zero attached hydrogens (tertiary/aromatic N) is 1. The molecule has 1 atom stereocenters. The molecule has 0 spiro atoms. The molecule has 1 fully saturated rings. The van der Waals surface area contributed by atoms with E-state index in [4.69, 9.17) is 11.6 Å². The van der Waals surface area contributed by atoms with Gasteiger partial charge in [-0.1, -0.05) is 48.0 Å². The molecule has 2 aromatic rings. The van der Waals surface area contributed by atoms with E-state index in [1.54, 1.807) is 0 Å². The molecule has 2 aromatic carbocycles. The Kier molecular flexibility index (Phi) is 4.81. The van der Waals surface area contributed by atoms with E-state index in [0.29, 0.717) is 12.8 Å². The van der Waals surface area contributed by atoms with Crippen LogP contribution in [0.3, 0.4) is 0 Å². The highest BCUT2D eigenvalue weighted by Crippen LogP contribution is 2.23. The number of imide groups is 1. The summed E-state index contributed by atoms with van der Waals surface area (Å²) in [6.07, 6.45) is 1.17. The van der Waals surface area contributed by atoms with Crippen molar-refractivity contribution in [1.29, 1.82) is 0 Å². The summed E-state index contributed by atoms with van der Waals surface area (Å²) >= 11 is 5.97. The number of rotatable bonds is 5. The molecular formula is C18H16ClFN2O2. The van der Waals surface area contributed by atoms with Crippen molar-refractivity contribution in [2.24, 2.45) is 0 Å². The number of hydrogen-bond donors (Lipinski definition) is 1. The third-order valence-electron chi connectivity index (χ3n) is 4.05. The van der Waals surface area contributed by atoms with E-state index in [-0.39, 0.29) is 23.0 Å². The summed E-state index contributed by atoms with van der Waals surface area (Å²) < 4.78 is 13.9. The highest BCUT2D eigenvalue weighted by Gasteiger charge is 2.38.